The van der Waals surface area contributed by atoms with E-state index in [1.807, 2.05) is 59.4 Å². The van der Waals surface area contributed by atoms with Gasteiger partial charge in [0.05, 0.1) is 65.1 Å². The third-order valence-corrected chi connectivity index (χ3v) is 17.6. The number of carbonyl (C=O) groups excluding carboxylic acids is 2. The Hall–Kier alpha value is -5.07. The van der Waals surface area contributed by atoms with Gasteiger partial charge in [-0.1, -0.05) is 74.2 Å². The first-order valence-electron chi connectivity index (χ1n) is 29.4. The van der Waals surface area contributed by atoms with Crippen LogP contribution >= 0.6 is 16.3 Å². The molecule has 2 aromatic heterocycles. The summed E-state index contributed by atoms with van der Waals surface area (Å²) in [5, 5.41) is 44.2. The number of amides is 2. The molecule has 0 radical (unpaired) electrons. The molecule has 0 spiro atoms. The molecule has 0 saturated carbocycles. The number of nitrogens with zero attached hydrogens (tertiary/aromatic N) is 8. The number of benzene rings is 2. The number of phosphoric acid groups is 1. The molecular weight excluding hydrogens is 1150 g/mol. The Morgan fingerprint density at radius 1 is 0.698 bits per heavy atom. The van der Waals surface area contributed by atoms with E-state index in [4.69, 9.17) is 48.6 Å². The predicted octanol–water partition coefficient (Wildman–Crippen LogP) is 7.58. The van der Waals surface area contributed by atoms with Crippen LogP contribution in [0.5, 0.6) is 11.5 Å². The predicted molar refractivity (Wildman–Crippen MR) is 321 cm³/mol. The normalized spacial score (nSPS) is 23.3. The molecule has 2 saturated heterocycles. The molecule has 12 atom stereocenters. The van der Waals surface area contributed by atoms with Crippen LogP contribution in [0.25, 0.3) is 27.4 Å². The van der Waals surface area contributed by atoms with Gasteiger partial charge in [-0.05, 0) is 89.5 Å². The summed E-state index contributed by atoms with van der Waals surface area (Å²) >= 11 is 0. The van der Waals surface area contributed by atoms with Crippen molar-refractivity contribution in [3.8, 4) is 34.0 Å². The van der Waals surface area contributed by atoms with E-state index in [9.17, 15) is 29.3 Å². The van der Waals surface area contributed by atoms with Crippen LogP contribution in [0.1, 0.15) is 107 Å². The van der Waals surface area contributed by atoms with Gasteiger partial charge < -0.3 is 68.1 Å². The molecule has 28 heteroatoms. The number of rotatable bonds is 35. The molecular formula is C58H92N10O16P2. The van der Waals surface area contributed by atoms with Crippen LogP contribution in [-0.4, -0.2) is 184 Å². The Kier molecular flexibility index (Phi) is 30.9. The second-order valence-electron chi connectivity index (χ2n) is 21.8. The molecule has 86 heavy (non-hydrogen) atoms. The highest BCUT2D eigenvalue weighted by Crippen LogP contribution is 2.46. The Morgan fingerprint density at radius 2 is 1.17 bits per heavy atom. The Morgan fingerprint density at radius 3 is 1.67 bits per heavy atom. The zero-order valence-electron chi connectivity index (χ0n) is 51.6. The van der Waals surface area contributed by atoms with E-state index in [2.05, 4.69) is 86.8 Å². The molecule has 0 bridgehead atoms. The summed E-state index contributed by atoms with van der Waals surface area (Å²) in [4.78, 5) is 36.4. The van der Waals surface area contributed by atoms with Gasteiger partial charge in [-0.15, -0.1) is 10.2 Å². The van der Waals surface area contributed by atoms with Crippen molar-refractivity contribution < 1.29 is 75.8 Å². The van der Waals surface area contributed by atoms with E-state index in [1.54, 1.807) is 20.4 Å². The van der Waals surface area contributed by atoms with E-state index < -0.39 is 59.2 Å². The van der Waals surface area contributed by atoms with Crippen LogP contribution in [0.4, 0.5) is 0 Å². The number of nitrogens with one attached hydrogen (secondary N) is 2. The van der Waals surface area contributed by atoms with Crippen LogP contribution in [0, 0.1) is 18.4 Å². The fourth-order valence-corrected chi connectivity index (χ4v) is 11.9. The largest absolute Gasteiger partial charge is 0.497 e. The number of aliphatic hydroxyl groups is 2. The van der Waals surface area contributed by atoms with Gasteiger partial charge in [0.25, 0.3) is 8.53 Å². The smallest absolute Gasteiger partial charge is 0.471 e. The van der Waals surface area contributed by atoms with Crippen molar-refractivity contribution in [2.45, 2.75) is 181 Å². The number of phosphoric ester groups is 1. The second-order valence-corrected chi connectivity index (χ2v) is 24.8. The summed E-state index contributed by atoms with van der Waals surface area (Å²) in [6, 6.07) is 14.4. The van der Waals surface area contributed by atoms with Crippen molar-refractivity contribution in [1.82, 2.24) is 45.3 Å². The van der Waals surface area contributed by atoms with Crippen LogP contribution in [0.15, 0.2) is 60.9 Å². The third-order valence-electron chi connectivity index (χ3n) is 14.5. The summed E-state index contributed by atoms with van der Waals surface area (Å²) in [7, 11) is -0.854. The average Bonchev–Trinajstić information content (AvgIpc) is 2.10. The summed E-state index contributed by atoms with van der Waals surface area (Å²) in [6.07, 6.45) is 4.74. The summed E-state index contributed by atoms with van der Waals surface area (Å²) < 4.78 is 73.4. The van der Waals surface area contributed by atoms with Gasteiger partial charge in [0.2, 0.25) is 18.4 Å². The topological polar surface area (TPSA) is 297 Å². The summed E-state index contributed by atoms with van der Waals surface area (Å²) in [5.41, 5.74) is 3.08. The first kappa shape index (κ1) is 71.7. The fraction of sp³-hybridized carbons (Fsp3) is 0.672. The molecule has 480 valence electrons. The van der Waals surface area contributed by atoms with Gasteiger partial charge in [-0.2, -0.15) is 0 Å². The monoisotopic (exact) mass is 1250 g/mol. The lowest BCUT2D eigenvalue weighted by molar-refractivity contribution is -0.267. The minimum absolute atomic E-state index is 0.0814. The maximum absolute atomic E-state index is 12.1. The van der Waals surface area contributed by atoms with E-state index >= 15 is 0 Å². The molecule has 6 rings (SSSR count). The molecule has 2 fully saturated rings. The van der Waals surface area contributed by atoms with Crippen molar-refractivity contribution in [1.29, 1.82) is 0 Å². The van der Waals surface area contributed by atoms with Crippen molar-refractivity contribution in [3.05, 3.63) is 72.3 Å². The van der Waals surface area contributed by atoms with Gasteiger partial charge in [0.15, 0.2) is 12.6 Å². The van der Waals surface area contributed by atoms with E-state index in [0.717, 1.165) is 68.2 Å². The van der Waals surface area contributed by atoms with E-state index in [-0.39, 0.29) is 61.7 Å². The van der Waals surface area contributed by atoms with Gasteiger partial charge in [-0.25, -0.2) is 25.2 Å². The second kappa shape index (κ2) is 37.1. The van der Waals surface area contributed by atoms with E-state index in [0.29, 0.717) is 57.2 Å². The average molecular weight is 1250 g/mol. The Bertz CT molecular complexity index is 2710. The molecule has 2 aliphatic rings. The van der Waals surface area contributed by atoms with Crippen LogP contribution in [0.2, 0.25) is 0 Å². The molecule has 4 aromatic rings. The minimum Gasteiger partial charge on any atom is -0.497 e. The van der Waals surface area contributed by atoms with Crippen molar-refractivity contribution in [3.63, 3.8) is 0 Å². The molecule has 4 heterocycles. The molecule has 2 amide bonds. The molecule has 2 aliphatic heterocycles. The third kappa shape index (κ3) is 23.1. The van der Waals surface area contributed by atoms with Gasteiger partial charge in [0, 0.05) is 57.4 Å². The number of aliphatic hydroxyl groups excluding tert-OH is 2. The highest BCUT2D eigenvalue weighted by Gasteiger charge is 2.46. The van der Waals surface area contributed by atoms with Crippen LogP contribution in [-0.2, 0) is 64.3 Å². The highest BCUT2D eigenvalue weighted by atomic mass is 31.2. The van der Waals surface area contributed by atoms with Crippen molar-refractivity contribution in [2.24, 2.45) is 11.8 Å². The Balaban J connectivity index is 0.000000319. The SMILES string of the molecule is COc1cccc(-c2cn(CC3OC(OCCCCCCOP(=O)(O)OC)C(NC(C)=O)C(O)C3O)nn2)c1.[C-]#[N+]CCOP(OCCCCCCOC1OC(Cn2cc(-c3cccc(OC)c3)nn2)C(C)C(C)C1NC(C)=O)N(C(C)C)C(C)C. The molecule has 12 unspecified atom stereocenters. The zero-order chi connectivity index (χ0) is 62.8. The van der Waals surface area contributed by atoms with Gasteiger partial charge >= 0.3 is 7.82 Å². The molecule has 5 N–H and O–H groups in total. The highest BCUT2D eigenvalue weighted by molar-refractivity contribution is 7.47. The first-order chi connectivity index (χ1) is 41.2. The number of unbranched alkanes of at least 4 members (excludes halogenated alkanes) is 6. The molecule has 2 aromatic carbocycles. The zero-order valence-corrected chi connectivity index (χ0v) is 53.4. The van der Waals surface area contributed by atoms with Crippen LogP contribution in [0.3, 0.4) is 0 Å². The summed E-state index contributed by atoms with van der Waals surface area (Å²) in [5.74, 6) is 1.21. The van der Waals surface area contributed by atoms with Gasteiger partial charge in [0.1, 0.15) is 53.8 Å². The van der Waals surface area contributed by atoms with Crippen molar-refractivity contribution in [2.75, 3.05) is 60.9 Å². The van der Waals surface area contributed by atoms with Crippen molar-refractivity contribution >= 4 is 28.2 Å². The number of aromatic nitrogens is 6. The van der Waals surface area contributed by atoms with Crippen LogP contribution < -0.4 is 20.1 Å². The lowest BCUT2D eigenvalue weighted by Gasteiger charge is -2.44. The van der Waals surface area contributed by atoms with Gasteiger partial charge in [-0.3, -0.25) is 18.6 Å². The maximum atomic E-state index is 12.1. The maximum Gasteiger partial charge on any atom is 0.471 e. The minimum atomic E-state index is -3.97. The lowest BCUT2D eigenvalue weighted by atomic mass is 9.82. The fourth-order valence-electron chi connectivity index (χ4n) is 9.87. The quantitative estimate of drug-likeness (QED) is 0.0168. The first-order valence-corrected chi connectivity index (χ1v) is 32.1. The summed E-state index contributed by atoms with van der Waals surface area (Å²) in [6.45, 7) is 25.5. The number of methoxy groups -OCH3 is 2. The standard InChI is InChI=1S/C34H55N6O6P.C24H37N4O10P/c1-24(2)40(25(3)4)47(45-20-17-35-8)44-19-13-11-10-12-18-43-34-33(36-28(7)41)27(6)26(5)32(46-34)23-39-22-31(37-38-39)29-15-14-16-30(21-29)42-9;1-16(29)25-21-23(31)22(30)20(15-28-14-19(26-27-28)17-9-8-10-18(13-17)34-2)38-24(21)36-11-6-4-5-7-12-37-39(32,33)35-3/h14-16,21-22,24-27,32-34H,10-13,17-20,23H2,1-7,9H3,(H,36,41);8-10,13-14,20-24,30-31H,4-7,11-12,15H2,1-3H3,(H,25,29)(H,32,33). The number of hydrogen-bond acceptors (Lipinski definition) is 20. The number of ether oxygens (including phenoxy) is 6. The number of hydrogen-bond donors (Lipinski definition) is 5. The number of carbonyl (C=O) groups is 2. The lowest BCUT2D eigenvalue weighted by Crippen LogP contribution is -2.64. The molecule has 26 nitrogen and oxygen atoms in total. The van der Waals surface area contributed by atoms with E-state index in [1.165, 1.54) is 18.5 Å². The Labute approximate surface area is 507 Å². The molecule has 0 aliphatic carbocycles.